The minimum Gasteiger partial charge on any atom is -0.492 e. The van der Waals surface area contributed by atoms with E-state index in [1.807, 2.05) is 30.3 Å². The van der Waals surface area contributed by atoms with Crippen molar-refractivity contribution in [2.45, 2.75) is 50.9 Å². The van der Waals surface area contributed by atoms with Crippen LogP contribution in [0.3, 0.4) is 0 Å². The third-order valence-electron chi connectivity index (χ3n) is 5.12. The molecule has 1 saturated carbocycles. The molecule has 0 atom stereocenters. The molecule has 1 fully saturated rings. The predicted molar refractivity (Wildman–Crippen MR) is 107 cm³/mol. The standard InChI is InChI=1S/C22H26ClNO2/c1-2-15-26-20-12-11-18(16-19(20)23)24-21(25)22(13-7-4-8-14-22)17-9-5-3-6-10-17/h3,5-6,9-12,16H,2,4,7-8,13-15H2,1H3,(H,24,25). The lowest BCUT2D eigenvalue weighted by atomic mass is 9.68. The maximum absolute atomic E-state index is 13.3. The van der Waals surface area contributed by atoms with E-state index < -0.39 is 5.41 Å². The van der Waals surface area contributed by atoms with E-state index in [-0.39, 0.29) is 5.91 Å². The Hall–Kier alpha value is -2.00. The molecule has 0 unspecified atom stereocenters. The molecule has 0 spiro atoms. The van der Waals surface area contributed by atoms with Crippen LogP contribution in [0.5, 0.6) is 5.75 Å². The van der Waals surface area contributed by atoms with Gasteiger partial charge in [-0.3, -0.25) is 4.79 Å². The fraction of sp³-hybridized carbons (Fsp3) is 0.409. The van der Waals surface area contributed by atoms with E-state index in [9.17, 15) is 4.79 Å². The average molecular weight is 372 g/mol. The zero-order valence-corrected chi connectivity index (χ0v) is 16.0. The van der Waals surface area contributed by atoms with Crippen LogP contribution in [-0.2, 0) is 10.2 Å². The molecule has 26 heavy (non-hydrogen) atoms. The van der Waals surface area contributed by atoms with Crippen LogP contribution in [0, 0.1) is 0 Å². The van der Waals surface area contributed by atoms with E-state index >= 15 is 0 Å². The third kappa shape index (κ3) is 4.04. The van der Waals surface area contributed by atoms with Crippen LogP contribution in [0.15, 0.2) is 48.5 Å². The Morgan fingerprint density at radius 3 is 2.50 bits per heavy atom. The maximum Gasteiger partial charge on any atom is 0.235 e. The normalized spacial score (nSPS) is 16.1. The number of benzene rings is 2. The molecule has 3 nitrogen and oxygen atoms in total. The van der Waals surface area contributed by atoms with Gasteiger partial charge < -0.3 is 10.1 Å². The molecule has 0 aliphatic heterocycles. The Morgan fingerprint density at radius 1 is 1.12 bits per heavy atom. The Bertz CT molecular complexity index is 739. The van der Waals surface area contributed by atoms with Gasteiger partial charge in [0.25, 0.3) is 0 Å². The van der Waals surface area contributed by atoms with E-state index in [1.165, 1.54) is 6.42 Å². The van der Waals surface area contributed by atoms with Crippen LogP contribution in [0.25, 0.3) is 0 Å². The molecule has 1 amide bonds. The highest BCUT2D eigenvalue weighted by molar-refractivity contribution is 6.32. The molecule has 0 aromatic heterocycles. The van der Waals surface area contributed by atoms with E-state index in [1.54, 1.807) is 6.07 Å². The fourth-order valence-electron chi connectivity index (χ4n) is 3.72. The number of rotatable bonds is 6. The first kappa shape index (κ1) is 18.8. The second-order valence-electron chi connectivity index (χ2n) is 6.96. The summed E-state index contributed by atoms with van der Waals surface area (Å²) in [4.78, 5) is 13.3. The van der Waals surface area contributed by atoms with Gasteiger partial charge >= 0.3 is 0 Å². The molecule has 2 aromatic carbocycles. The van der Waals surface area contributed by atoms with E-state index in [0.29, 0.717) is 23.1 Å². The van der Waals surface area contributed by atoms with Crippen molar-refractivity contribution in [1.29, 1.82) is 0 Å². The topological polar surface area (TPSA) is 38.3 Å². The van der Waals surface area contributed by atoms with E-state index in [4.69, 9.17) is 16.3 Å². The summed E-state index contributed by atoms with van der Waals surface area (Å²) in [7, 11) is 0. The summed E-state index contributed by atoms with van der Waals surface area (Å²) >= 11 is 6.31. The summed E-state index contributed by atoms with van der Waals surface area (Å²) in [5, 5.41) is 3.62. The van der Waals surface area contributed by atoms with Crippen LogP contribution in [0.2, 0.25) is 5.02 Å². The predicted octanol–water partition coefficient (Wildman–Crippen LogP) is 5.97. The lowest BCUT2D eigenvalue weighted by Crippen LogP contribution is -2.42. The Labute approximate surface area is 160 Å². The van der Waals surface area contributed by atoms with Crippen LogP contribution < -0.4 is 10.1 Å². The first-order valence-electron chi connectivity index (χ1n) is 9.45. The second kappa shape index (κ2) is 8.59. The molecule has 138 valence electrons. The first-order chi connectivity index (χ1) is 12.7. The van der Waals surface area contributed by atoms with Gasteiger partial charge in [-0.15, -0.1) is 0 Å². The molecular weight excluding hydrogens is 346 g/mol. The van der Waals surface area contributed by atoms with Gasteiger partial charge in [-0.25, -0.2) is 0 Å². The molecule has 2 aromatic rings. The van der Waals surface area contributed by atoms with Gasteiger partial charge in [-0.2, -0.15) is 0 Å². The lowest BCUT2D eigenvalue weighted by molar-refractivity contribution is -0.122. The van der Waals surface area contributed by atoms with Crippen LogP contribution in [0.4, 0.5) is 5.69 Å². The van der Waals surface area contributed by atoms with E-state index in [0.717, 1.165) is 37.7 Å². The van der Waals surface area contributed by atoms with Crippen molar-refractivity contribution in [3.63, 3.8) is 0 Å². The van der Waals surface area contributed by atoms with Crippen molar-refractivity contribution in [2.24, 2.45) is 0 Å². The van der Waals surface area contributed by atoms with Crippen LogP contribution >= 0.6 is 11.6 Å². The zero-order chi connectivity index (χ0) is 18.4. The smallest absolute Gasteiger partial charge is 0.235 e. The van der Waals surface area contributed by atoms with Crippen LogP contribution in [0.1, 0.15) is 51.0 Å². The fourth-order valence-corrected chi connectivity index (χ4v) is 3.95. The summed E-state index contributed by atoms with van der Waals surface area (Å²) in [6.07, 6.45) is 6.04. The van der Waals surface area contributed by atoms with Crippen molar-refractivity contribution in [3.8, 4) is 5.75 Å². The van der Waals surface area contributed by atoms with Gasteiger partial charge in [0, 0.05) is 5.69 Å². The van der Waals surface area contributed by atoms with Crippen molar-refractivity contribution in [2.75, 3.05) is 11.9 Å². The van der Waals surface area contributed by atoms with Crippen molar-refractivity contribution < 1.29 is 9.53 Å². The van der Waals surface area contributed by atoms with Crippen molar-refractivity contribution in [3.05, 3.63) is 59.1 Å². The number of nitrogens with one attached hydrogen (secondary N) is 1. The van der Waals surface area contributed by atoms with Gasteiger partial charge in [-0.05, 0) is 43.0 Å². The SMILES string of the molecule is CCCOc1ccc(NC(=O)C2(c3ccccc3)CCCCC2)cc1Cl. The molecule has 1 N–H and O–H groups in total. The Kier molecular flexibility index (Phi) is 6.20. The Balaban J connectivity index is 1.81. The number of halogens is 1. The summed E-state index contributed by atoms with van der Waals surface area (Å²) in [5.41, 5.74) is 1.36. The highest BCUT2D eigenvalue weighted by atomic mass is 35.5. The Morgan fingerprint density at radius 2 is 1.85 bits per heavy atom. The summed E-state index contributed by atoms with van der Waals surface area (Å²) < 4.78 is 5.61. The lowest BCUT2D eigenvalue weighted by Gasteiger charge is -2.36. The number of hydrogen-bond acceptors (Lipinski definition) is 2. The molecule has 3 rings (SSSR count). The highest BCUT2D eigenvalue weighted by Crippen LogP contribution is 2.40. The monoisotopic (exact) mass is 371 g/mol. The zero-order valence-electron chi connectivity index (χ0n) is 15.3. The number of carbonyl (C=O) groups is 1. The number of hydrogen-bond donors (Lipinski definition) is 1. The quantitative estimate of drug-likeness (QED) is 0.679. The number of ether oxygens (including phenoxy) is 1. The van der Waals surface area contributed by atoms with Crippen LogP contribution in [-0.4, -0.2) is 12.5 Å². The molecule has 4 heteroatoms. The minimum absolute atomic E-state index is 0.0571. The average Bonchev–Trinajstić information content (AvgIpc) is 2.68. The van der Waals surface area contributed by atoms with Gasteiger partial charge in [0.15, 0.2) is 0 Å². The largest absolute Gasteiger partial charge is 0.492 e. The number of carbonyl (C=O) groups excluding carboxylic acids is 1. The summed E-state index contributed by atoms with van der Waals surface area (Å²) in [6.45, 7) is 2.68. The molecule has 0 radical (unpaired) electrons. The molecule has 0 saturated heterocycles. The third-order valence-corrected chi connectivity index (χ3v) is 5.41. The van der Waals surface area contributed by atoms with E-state index in [2.05, 4.69) is 24.4 Å². The molecule has 1 aliphatic rings. The summed E-state index contributed by atoms with van der Waals surface area (Å²) in [6, 6.07) is 15.6. The molecule has 1 aliphatic carbocycles. The van der Waals surface area contributed by atoms with Gasteiger partial charge in [-0.1, -0.05) is 68.1 Å². The molecule has 0 heterocycles. The molecule has 0 bridgehead atoms. The van der Waals surface area contributed by atoms with Gasteiger partial charge in [0.2, 0.25) is 5.91 Å². The minimum atomic E-state index is -0.455. The van der Waals surface area contributed by atoms with Crippen molar-refractivity contribution in [1.82, 2.24) is 0 Å². The van der Waals surface area contributed by atoms with Crippen molar-refractivity contribution >= 4 is 23.2 Å². The highest BCUT2D eigenvalue weighted by Gasteiger charge is 2.41. The van der Waals surface area contributed by atoms with Gasteiger partial charge in [0.05, 0.1) is 17.0 Å². The number of amides is 1. The summed E-state index contributed by atoms with van der Waals surface area (Å²) in [5.74, 6) is 0.712. The molecular formula is C22H26ClNO2. The second-order valence-corrected chi connectivity index (χ2v) is 7.36. The van der Waals surface area contributed by atoms with Gasteiger partial charge in [0.1, 0.15) is 5.75 Å². The number of anilines is 1. The first-order valence-corrected chi connectivity index (χ1v) is 9.83. The maximum atomic E-state index is 13.3.